The fourth-order valence-electron chi connectivity index (χ4n) is 3.76. The first-order valence-electron chi connectivity index (χ1n) is 8.12. The van der Waals surface area contributed by atoms with Gasteiger partial charge in [0.25, 0.3) is 0 Å². The number of rotatable bonds is 2. The topological polar surface area (TPSA) is 46.3 Å². The van der Waals surface area contributed by atoms with E-state index < -0.39 is 0 Å². The summed E-state index contributed by atoms with van der Waals surface area (Å²) in [5, 5.41) is 0. The Kier molecular flexibility index (Phi) is 5.26. The van der Waals surface area contributed by atoms with Gasteiger partial charge in [-0.05, 0) is 38.0 Å². The van der Waals surface area contributed by atoms with Crippen molar-refractivity contribution in [3.05, 3.63) is 0 Å². The third-order valence-electron chi connectivity index (χ3n) is 5.30. The molecule has 0 saturated heterocycles. The molecule has 0 bridgehead atoms. The molecule has 19 heavy (non-hydrogen) atoms. The Morgan fingerprint density at radius 1 is 1.05 bits per heavy atom. The molecule has 3 nitrogen and oxygen atoms in total. The number of carbonyl (C=O) groups is 1. The van der Waals surface area contributed by atoms with E-state index in [1.54, 1.807) is 0 Å². The Bertz CT molecular complexity index is 297. The average Bonchev–Trinajstić information content (AvgIpc) is 2.69. The van der Waals surface area contributed by atoms with Crippen LogP contribution in [0.5, 0.6) is 0 Å². The molecule has 2 rings (SSSR count). The first-order valence-corrected chi connectivity index (χ1v) is 8.12. The summed E-state index contributed by atoms with van der Waals surface area (Å²) in [6, 6.07) is 0.785. The Hall–Kier alpha value is -0.570. The van der Waals surface area contributed by atoms with Crippen molar-refractivity contribution in [3.63, 3.8) is 0 Å². The molecule has 3 unspecified atom stereocenters. The van der Waals surface area contributed by atoms with Gasteiger partial charge in [0, 0.05) is 25.0 Å². The molecule has 0 heterocycles. The van der Waals surface area contributed by atoms with Gasteiger partial charge in [0.15, 0.2) is 0 Å². The zero-order chi connectivity index (χ0) is 13.8. The summed E-state index contributed by atoms with van der Waals surface area (Å²) in [6.07, 6.45) is 10.6. The predicted molar refractivity (Wildman–Crippen MR) is 78.7 cm³/mol. The third-order valence-corrected chi connectivity index (χ3v) is 5.30. The van der Waals surface area contributed by atoms with Gasteiger partial charge < -0.3 is 10.6 Å². The quantitative estimate of drug-likeness (QED) is 0.781. The highest BCUT2D eigenvalue weighted by molar-refractivity contribution is 5.79. The highest BCUT2D eigenvalue weighted by atomic mass is 16.2. The van der Waals surface area contributed by atoms with Gasteiger partial charge in [0.1, 0.15) is 0 Å². The van der Waals surface area contributed by atoms with Crippen LogP contribution in [0.15, 0.2) is 0 Å². The van der Waals surface area contributed by atoms with Crippen molar-refractivity contribution in [1.82, 2.24) is 4.90 Å². The lowest BCUT2D eigenvalue weighted by molar-refractivity contribution is -0.138. The lowest BCUT2D eigenvalue weighted by Crippen LogP contribution is -2.44. The lowest BCUT2D eigenvalue weighted by atomic mass is 9.78. The normalized spacial score (nSPS) is 33.7. The van der Waals surface area contributed by atoms with Crippen LogP contribution >= 0.6 is 0 Å². The molecule has 3 heteroatoms. The molecule has 110 valence electrons. The smallest absolute Gasteiger partial charge is 0.225 e. The van der Waals surface area contributed by atoms with Crippen LogP contribution in [-0.4, -0.2) is 29.9 Å². The van der Waals surface area contributed by atoms with E-state index in [0.717, 1.165) is 19.3 Å². The van der Waals surface area contributed by atoms with Crippen LogP contribution in [0.1, 0.15) is 64.7 Å². The van der Waals surface area contributed by atoms with Crippen LogP contribution < -0.4 is 5.73 Å². The first-order chi connectivity index (χ1) is 9.09. The Morgan fingerprint density at radius 3 is 2.26 bits per heavy atom. The van der Waals surface area contributed by atoms with Crippen molar-refractivity contribution in [2.24, 2.45) is 17.6 Å². The summed E-state index contributed by atoms with van der Waals surface area (Å²) < 4.78 is 0. The van der Waals surface area contributed by atoms with Gasteiger partial charge in [0.05, 0.1) is 0 Å². The fourth-order valence-corrected chi connectivity index (χ4v) is 3.76. The van der Waals surface area contributed by atoms with Gasteiger partial charge in [-0.25, -0.2) is 0 Å². The molecule has 0 aromatic carbocycles. The summed E-state index contributed by atoms with van der Waals surface area (Å²) in [6.45, 7) is 2.19. The molecule has 2 aliphatic rings. The maximum Gasteiger partial charge on any atom is 0.225 e. The number of hydrogen-bond acceptors (Lipinski definition) is 2. The van der Waals surface area contributed by atoms with E-state index in [4.69, 9.17) is 5.73 Å². The van der Waals surface area contributed by atoms with Gasteiger partial charge in [-0.2, -0.15) is 0 Å². The second kappa shape index (κ2) is 6.74. The number of nitrogens with zero attached hydrogens (tertiary/aromatic N) is 1. The summed E-state index contributed by atoms with van der Waals surface area (Å²) in [4.78, 5) is 14.7. The average molecular weight is 266 g/mol. The molecule has 0 aromatic heterocycles. The molecule has 2 aliphatic carbocycles. The van der Waals surface area contributed by atoms with Gasteiger partial charge in [-0.15, -0.1) is 0 Å². The van der Waals surface area contributed by atoms with Crippen molar-refractivity contribution in [2.45, 2.75) is 76.8 Å². The number of carbonyl (C=O) groups excluding carboxylic acids is 1. The molecule has 0 aliphatic heterocycles. The molecule has 2 saturated carbocycles. The van der Waals surface area contributed by atoms with E-state index in [2.05, 4.69) is 11.8 Å². The van der Waals surface area contributed by atoms with Gasteiger partial charge in [-0.1, -0.05) is 32.6 Å². The molecule has 0 aromatic rings. The van der Waals surface area contributed by atoms with Crippen molar-refractivity contribution in [3.8, 4) is 0 Å². The lowest BCUT2D eigenvalue weighted by Gasteiger charge is -2.36. The Labute approximate surface area is 117 Å². The molecular formula is C16H30N2O. The Balaban J connectivity index is 1.90. The zero-order valence-corrected chi connectivity index (χ0v) is 12.6. The molecule has 2 N–H and O–H groups in total. The van der Waals surface area contributed by atoms with Crippen LogP contribution in [0.4, 0.5) is 0 Å². The highest BCUT2D eigenvalue weighted by Gasteiger charge is 2.33. The van der Waals surface area contributed by atoms with Crippen molar-refractivity contribution in [2.75, 3.05) is 7.05 Å². The van der Waals surface area contributed by atoms with Crippen LogP contribution in [-0.2, 0) is 4.79 Å². The monoisotopic (exact) mass is 266 g/mol. The van der Waals surface area contributed by atoms with E-state index >= 15 is 0 Å². The summed E-state index contributed by atoms with van der Waals surface area (Å²) >= 11 is 0. The zero-order valence-electron chi connectivity index (χ0n) is 12.6. The van der Waals surface area contributed by atoms with E-state index in [9.17, 15) is 4.79 Å². The van der Waals surface area contributed by atoms with E-state index in [0.29, 0.717) is 23.9 Å². The maximum atomic E-state index is 12.6. The van der Waals surface area contributed by atoms with Gasteiger partial charge >= 0.3 is 0 Å². The minimum absolute atomic E-state index is 0.225. The van der Waals surface area contributed by atoms with Gasteiger partial charge in [-0.3, -0.25) is 4.79 Å². The first kappa shape index (κ1) is 14.8. The minimum Gasteiger partial charge on any atom is -0.343 e. The van der Waals surface area contributed by atoms with Crippen molar-refractivity contribution >= 4 is 5.91 Å². The SMILES string of the molecule is CC1CC(C(=O)N(C)C2CCCCCC2)CCC1N. The molecule has 2 fully saturated rings. The largest absolute Gasteiger partial charge is 0.343 e. The number of hydrogen-bond donors (Lipinski definition) is 1. The summed E-state index contributed by atoms with van der Waals surface area (Å²) in [5.74, 6) is 1.10. The highest BCUT2D eigenvalue weighted by Crippen LogP contribution is 2.31. The molecule has 3 atom stereocenters. The van der Waals surface area contributed by atoms with Crippen LogP contribution in [0.3, 0.4) is 0 Å². The van der Waals surface area contributed by atoms with E-state index in [1.807, 2.05) is 7.05 Å². The van der Waals surface area contributed by atoms with E-state index in [1.165, 1.54) is 38.5 Å². The third kappa shape index (κ3) is 3.71. The summed E-state index contributed by atoms with van der Waals surface area (Å²) in [7, 11) is 2.03. The number of nitrogens with two attached hydrogens (primary N) is 1. The fraction of sp³-hybridized carbons (Fsp3) is 0.938. The van der Waals surface area contributed by atoms with Crippen molar-refractivity contribution in [1.29, 1.82) is 0 Å². The van der Waals surface area contributed by atoms with Crippen LogP contribution in [0.25, 0.3) is 0 Å². The Morgan fingerprint density at radius 2 is 1.68 bits per heavy atom. The molecule has 0 spiro atoms. The van der Waals surface area contributed by atoms with Gasteiger partial charge in [0.2, 0.25) is 5.91 Å². The maximum absolute atomic E-state index is 12.6. The summed E-state index contributed by atoms with van der Waals surface area (Å²) in [5.41, 5.74) is 6.06. The minimum atomic E-state index is 0.225. The second-order valence-electron chi connectivity index (χ2n) is 6.75. The van der Waals surface area contributed by atoms with E-state index in [-0.39, 0.29) is 5.92 Å². The molecule has 0 radical (unpaired) electrons. The number of amides is 1. The second-order valence-corrected chi connectivity index (χ2v) is 6.75. The predicted octanol–water partition coefficient (Wildman–Crippen LogP) is 2.93. The molecular weight excluding hydrogens is 236 g/mol. The van der Waals surface area contributed by atoms with Crippen molar-refractivity contribution < 1.29 is 4.79 Å². The van der Waals surface area contributed by atoms with Crippen LogP contribution in [0, 0.1) is 11.8 Å². The molecule has 1 amide bonds. The standard InChI is InChI=1S/C16H30N2O/c1-12-11-13(9-10-15(12)17)16(19)18(2)14-7-5-3-4-6-8-14/h12-15H,3-11,17H2,1-2H3. The van der Waals surface area contributed by atoms with Crippen LogP contribution in [0.2, 0.25) is 0 Å².